The number of amides is 1. The molecule has 1 heterocycles. The third kappa shape index (κ3) is 4.69. The summed E-state index contributed by atoms with van der Waals surface area (Å²) in [5.74, 6) is 1.85. The van der Waals surface area contributed by atoms with Crippen molar-refractivity contribution < 1.29 is 4.79 Å². The van der Waals surface area contributed by atoms with E-state index in [4.69, 9.17) is 0 Å². The van der Waals surface area contributed by atoms with E-state index in [0.717, 1.165) is 39.4 Å². The molecule has 0 bridgehead atoms. The second kappa shape index (κ2) is 8.53. The standard InChI is InChI=1S/C24H23N3OS/c1-3-29-20-11-5-17(6-12-20)15-23(28)25-19-9-7-18(8-10-19)24-26-21-13-4-16(2)14-22(21)27-24/h4-14H,3,15H2,1-2H3,(H,25,28)(H,26,27). The molecule has 1 aromatic heterocycles. The van der Waals surface area contributed by atoms with Gasteiger partial charge in [0.1, 0.15) is 5.82 Å². The number of aryl methyl sites for hydroxylation is 1. The number of benzene rings is 3. The molecule has 0 aliphatic carbocycles. The number of hydrogen-bond donors (Lipinski definition) is 2. The molecule has 0 saturated carbocycles. The van der Waals surface area contributed by atoms with Gasteiger partial charge in [0.2, 0.25) is 5.91 Å². The van der Waals surface area contributed by atoms with Crippen LogP contribution in [0.25, 0.3) is 22.4 Å². The Balaban J connectivity index is 1.41. The van der Waals surface area contributed by atoms with Crippen molar-refractivity contribution in [1.82, 2.24) is 9.97 Å². The predicted octanol–water partition coefficient (Wildman–Crippen LogP) is 5.83. The molecule has 3 aromatic carbocycles. The molecule has 4 nitrogen and oxygen atoms in total. The maximum atomic E-state index is 12.4. The third-order valence-electron chi connectivity index (χ3n) is 4.68. The normalized spacial score (nSPS) is 11.0. The predicted molar refractivity (Wildman–Crippen MR) is 121 cm³/mol. The van der Waals surface area contributed by atoms with Crippen LogP contribution in [-0.4, -0.2) is 21.6 Å². The van der Waals surface area contributed by atoms with Gasteiger partial charge in [-0.15, -0.1) is 11.8 Å². The maximum Gasteiger partial charge on any atom is 0.228 e. The topological polar surface area (TPSA) is 57.8 Å². The SMILES string of the molecule is CCSc1ccc(CC(=O)Nc2ccc(-c3nc4ccc(C)cc4[nH]3)cc2)cc1. The van der Waals surface area contributed by atoms with Crippen molar-refractivity contribution in [2.75, 3.05) is 11.1 Å². The van der Waals surface area contributed by atoms with Crippen molar-refractivity contribution in [2.24, 2.45) is 0 Å². The first-order valence-corrected chi connectivity index (χ1v) is 10.7. The summed E-state index contributed by atoms with van der Waals surface area (Å²) in [6.45, 7) is 4.20. The van der Waals surface area contributed by atoms with E-state index < -0.39 is 0 Å². The average Bonchev–Trinajstić information content (AvgIpc) is 3.13. The number of hydrogen-bond acceptors (Lipinski definition) is 3. The summed E-state index contributed by atoms with van der Waals surface area (Å²) < 4.78 is 0. The number of thioether (sulfide) groups is 1. The van der Waals surface area contributed by atoms with Crippen LogP contribution in [0, 0.1) is 6.92 Å². The fraction of sp³-hybridized carbons (Fsp3) is 0.167. The molecule has 1 amide bonds. The molecule has 5 heteroatoms. The van der Waals surface area contributed by atoms with Crippen LogP contribution in [0.4, 0.5) is 5.69 Å². The lowest BCUT2D eigenvalue weighted by atomic mass is 10.1. The molecule has 0 spiro atoms. The zero-order valence-corrected chi connectivity index (χ0v) is 17.3. The van der Waals surface area contributed by atoms with E-state index >= 15 is 0 Å². The summed E-state index contributed by atoms with van der Waals surface area (Å²) in [6, 6.07) is 22.1. The van der Waals surface area contributed by atoms with Gasteiger partial charge in [-0.3, -0.25) is 4.79 Å². The van der Waals surface area contributed by atoms with E-state index in [1.165, 1.54) is 10.5 Å². The Morgan fingerprint density at radius 1 is 1.03 bits per heavy atom. The number of nitrogens with one attached hydrogen (secondary N) is 2. The number of carbonyl (C=O) groups is 1. The summed E-state index contributed by atoms with van der Waals surface area (Å²) >= 11 is 1.80. The van der Waals surface area contributed by atoms with Gasteiger partial charge in [-0.25, -0.2) is 4.98 Å². The number of imidazole rings is 1. The molecular formula is C24H23N3OS. The molecule has 4 aromatic rings. The minimum absolute atomic E-state index is 0.0205. The Morgan fingerprint density at radius 3 is 2.52 bits per heavy atom. The fourth-order valence-electron chi connectivity index (χ4n) is 3.23. The van der Waals surface area contributed by atoms with E-state index in [1.54, 1.807) is 11.8 Å². The number of anilines is 1. The molecule has 0 radical (unpaired) electrons. The van der Waals surface area contributed by atoms with Gasteiger partial charge in [-0.2, -0.15) is 0 Å². The van der Waals surface area contributed by atoms with Gasteiger partial charge < -0.3 is 10.3 Å². The average molecular weight is 402 g/mol. The minimum Gasteiger partial charge on any atom is -0.338 e. The van der Waals surface area contributed by atoms with E-state index in [0.29, 0.717) is 6.42 Å². The van der Waals surface area contributed by atoms with Gasteiger partial charge in [0.05, 0.1) is 17.5 Å². The zero-order chi connectivity index (χ0) is 20.2. The van der Waals surface area contributed by atoms with Gasteiger partial charge in [0, 0.05) is 16.1 Å². The Bertz CT molecular complexity index is 1130. The van der Waals surface area contributed by atoms with Crippen LogP contribution in [-0.2, 0) is 11.2 Å². The Morgan fingerprint density at radius 2 is 1.79 bits per heavy atom. The smallest absolute Gasteiger partial charge is 0.228 e. The first-order valence-electron chi connectivity index (χ1n) is 9.69. The number of H-pyrrole nitrogens is 1. The zero-order valence-electron chi connectivity index (χ0n) is 16.5. The van der Waals surface area contributed by atoms with Crippen molar-refractivity contribution in [1.29, 1.82) is 0 Å². The number of nitrogens with zero attached hydrogens (tertiary/aromatic N) is 1. The number of rotatable bonds is 6. The van der Waals surface area contributed by atoms with E-state index in [-0.39, 0.29) is 5.91 Å². The largest absolute Gasteiger partial charge is 0.338 e. The highest BCUT2D eigenvalue weighted by Crippen LogP contribution is 2.23. The van der Waals surface area contributed by atoms with Crippen LogP contribution in [0.3, 0.4) is 0 Å². The molecule has 0 unspecified atom stereocenters. The highest BCUT2D eigenvalue weighted by atomic mass is 32.2. The monoisotopic (exact) mass is 401 g/mol. The molecule has 0 aliphatic rings. The number of carbonyl (C=O) groups excluding carboxylic acids is 1. The highest BCUT2D eigenvalue weighted by Gasteiger charge is 2.08. The van der Waals surface area contributed by atoms with Gasteiger partial charge in [0.15, 0.2) is 0 Å². The first-order chi connectivity index (χ1) is 14.1. The summed E-state index contributed by atoms with van der Waals surface area (Å²) in [6.07, 6.45) is 0.363. The lowest BCUT2D eigenvalue weighted by molar-refractivity contribution is -0.115. The Hall–Kier alpha value is -3.05. The van der Waals surface area contributed by atoms with Crippen molar-refractivity contribution in [2.45, 2.75) is 25.2 Å². The first kappa shape index (κ1) is 19.3. The number of aromatic amines is 1. The van der Waals surface area contributed by atoms with Crippen LogP contribution in [0.2, 0.25) is 0 Å². The third-order valence-corrected chi connectivity index (χ3v) is 5.57. The highest BCUT2D eigenvalue weighted by molar-refractivity contribution is 7.99. The fourth-order valence-corrected chi connectivity index (χ4v) is 3.89. The van der Waals surface area contributed by atoms with Crippen LogP contribution in [0.1, 0.15) is 18.1 Å². The molecule has 0 saturated heterocycles. The quantitative estimate of drug-likeness (QED) is 0.400. The van der Waals surface area contributed by atoms with Crippen LogP contribution in [0.5, 0.6) is 0 Å². The number of fused-ring (bicyclic) bond motifs is 1. The van der Waals surface area contributed by atoms with Gasteiger partial charge >= 0.3 is 0 Å². The van der Waals surface area contributed by atoms with Crippen LogP contribution >= 0.6 is 11.8 Å². The lowest BCUT2D eigenvalue weighted by Crippen LogP contribution is -2.14. The van der Waals surface area contributed by atoms with Crippen molar-refractivity contribution in [3.63, 3.8) is 0 Å². The molecule has 29 heavy (non-hydrogen) atoms. The van der Waals surface area contributed by atoms with Crippen molar-refractivity contribution in [3.8, 4) is 11.4 Å². The molecular weight excluding hydrogens is 378 g/mol. The van der Waals surface area contributed by atoms with E-state index in [2.05, 4.69) is 53.4 Å². The van der Waals surface area contributed by atoms with Gasteiger partial charge in [-0.1, -0.05) is 25.1 Å². The Labute approximate surface area is 174 Å². The molecule has 2 N–H and O–H groups in total. The van der Waals surface area contributed by atoms with Crippen molar-refractivity contribution >= 4 is 34.4 Å². The maximum absolute atomic E-state index is 12.4. The Kier molecular flexibility index (Phi) is 5.67. The van der Waals surface area contributed by atoms with E-state index in [9.17, 15) is 4.79 Å². The summed E-state index contributed by atoms with van der Waals surface area (Å²) in [5, 5.41) is 2.97. The molecule has 146 valence electrons. The summed E-state index contributed by atoms with van der Waals surface area (Å²) in [4.78, 5) is 21.6. The molecule has 0 aliphatic heterocycles. The van der Waals surface area contributed by atoms with Gasteiger partial charge in [-0.05, 0) is 72.3 Å². The van der Waals surface area contributed by atoms with Gasteiger partial charge in [0.25, 0.3) is 0 Å². The second-order valence-electron chi connectivity index (χ2n) is 6.99. The molecule has 4 rings (SSSR count). The van der Waals surface area contributed by atoms with Crippen LogP contribution in [0.15, 0.2) is 71.6 Å². The lowest BCUT2D eigenvalue weighted by Gasteiger charge is -2.07. The molecule has 0 fully saturated rings. The summed E-state index contributed by atoms with van der Waals surface area (Å²) in [5.41, 5.74) is 5.96. The minimum atomic E-state index is -0.0205. The van der Waals surface area contributed by atoms with Crippen molar-refractivity contribution in [3.05, 3.63) is 77.9 Å². The summed E-state index contributed by atoms with van der Waals surface area (Å²) in [7, 11) is 0. The second-order valence-corrected chi connectivity index (χ2v) is 8.32. The molecule has 0 atom stereocenters. The van der Waals surface area contributed by atoms with Crippen LogP contribution < -0.4 is 5.32 Å². The van der Waals surface area contributed by atoms with E-state index in [1.807, 2.05) is 42.5 Å². The number of aromatic nitrogens is 2.